The molecule has 0 bridgehead atoms. The molecule has 2 nitrogen and oxygen atoms in total. The Morgan fingerprint density at radius 3 is 1.11 bits per heavy atom. The first-order chi connectivity index (χ1) is 4.24. The number of hydrogen-bond donors (Lipinski definition) is 0. The van der Waals surface area contributed by atoms with E-state index < -0.39 is 22.9 Å². The van der Waals surface area contributed by atoms with Crippen molar-refractivity contribution < 1.29 is 28.6 Å². The van der Waals surface area contributed by atoms with Crippen LogP contribution in [-0.2, 0) is 28.6 Å². The molecule has 9 heavy (non-hydrogen) atoms. The van der Waals surface area contributed by atoms with Gasteiger partial charge in [-0.2, -0.15) is 12.8 Å². The number of rotatable bonds is 0. The molecule has 0 rings (SSSR count). The van der Waals surface area contributed by atoms with Crippen molar-refractivity contribution in [2.75, 3.05) is 0 Å². The summed E-state index contributed by atoms with van der Waals surface area (Å²) in [5.74, 6) is 0. The van der Waals surface area contributed by atoms with Crippen LogP contribution in [0.1, 0.15) is 26.7 Å². The Morgan fingerprint density at radius 2 is 1.11 bits per heavy atom. The van der Waals surface area contributed by atoms with Crippen LogP contribution in [0.15, 0.2) is 0 Å². The molecule has 3 heteroatoms. The predicted molar refractivity (Wildman–Crippen MR) is 32.7 cm³/mol. The molecule has 0 N–H and O–H groups in total. The van der Waals surface area contributed by atoms with E-state index in [0.29, 0.717) is 0 Å². The summed E-state index contributed by atoms with van der Waals surface area (Å²) < 4.78 is 17.1. The van der Waals surface area contributed by atoms with Gasteiger partial charge in [0.1, 0.15) is 0 Å². The Morgan fingerprint density at radius 1 is 1.11 bits per heavy atom. The second-order valence-electron chi connectivity index (χ2n) is 1.08. The van der Waals surface area contributed by atoms with Crippen LogP contribution < -0.4 is 0 Å². The quantitative estimate of drug-likeness (QED) is 0.507. The molecule has 0 spiro atoms. The first kappa shape index (κ1) is 16.2. The van der Waals surface area contributed by atoms with Crippen LogP contribution in [0.5, 0.6) is 0 Å². The Labute approximate surface area is 69.3 Å². The topological polar surface area (TPSA) is 34.1 Å². The van der Waals surface area contributed by atoms with Gasteiger partial charge in [-0.1, -0.05) is 13.8 Å². The molecular formula is C6H14HfO2-2. The molecule has 0 saturated heterocycles. The fourth-order valence-electron chi connectivity index (χ4n) is 0. The molecule has 0 aliphatic carbocycles. The van der Waals surface area contributed by atoms with Crippen molar-refractivity contribution >= 4 is 0 Å². The van der Waals surface area contributed by atoms with Gasteiger partial charge in [-0.15, -0.1) is 0 Å². The van der Waals surface area contributed by atoms with Crippen molar-refractivity contribution in [2.24, 2.45) is 0 Å². The zero-order valence-electron chi connectivity index (χ0n) is 6.14. The molecule has 0 aromatic rings. The molecular weight excluding hydrogens is 283 g/mol. The van der Waals surface area contributed by atoms with E-state index >= 15 is 0 Å². The normalized spacial score (nSPS) is 4.89. The third-order valence-electron chi connectivity index (χ3n) is 0. The van der Waals surface area contributed by atoms with Crippen LogP contribution in [0.4, 0.5) is 0 Å². The number of hydrogen-bond acceptors (Lipinski definition) is 2. The molecule has 0 amide bonds. The maximum atomic E-state index is 8.57. The molecule has 0 aromatic heterocycles. The van der Waals surface area contributed by atoms with Crippen molar-refractivity contribution in [3.8, 4) is 0 Å². The van der Waals surface area contributed by atoms with Crippen LogP contribution in [0, 0.1) is 13.8 Å². The molecule has 0 saturated carbocycles. The van der Waals surface area contributed by atoms with Gasteiger partial charge in [0.05, 0.1) is 0 Å². The molecule has 0 aromatic carbocycles. The van der Waals surface area contributed by atoms with Crippen molar-refractivity contribution in [3.05, 3.63) is 13.8 Å². The average Bonchev–Trinajstić information content (AvgIpc) is 1.70. The third kappa shape index (κ3) is 1600. The van der Waals surface area contributed by atoms with Crippen LogP contribution in [0.2, 0.25) is 0 Å². The maximum absolute atomic E-state index is 8.57. The summed E-state index contributed by atoms with van der Waals surface area (Å²) in [6, 6.07) is 0. The van der Waals surface area contributed by atoms with Gasteiger partial charge in [0, 0.05) is 0 Å². The van der Waals surface area contributed by atoms with Gasteiger partial charge in [-0.25, -0.2) is 0 Å². The average molecular weight is 297 g/mol. The van der Waals surface area contributed by atoms with E-state index in [1.807, 2.05) is 13.8 Å². The first-order valence-electron chi connectivity index (χ1n) is 2.82. The summed E-state index contributed by atoms with van der Waals surface area (Å²) in [7, 11) is 0. The summed E-state index contributed by atoms with van der Waals surface area (Å²) in [6.45, 7) is 11.0. The summed E-state index contributed by atoms with van der Waals surface area (Å²) in [5.41, 5.74) is 0. The summed E-state index contributed by atoms with van der Waals surface area (Å²) in [4.78, 5) is 0. The van der Waals surface area contributed by atoms with Gasteiger partial charge in [0.25, 0.3) is 0 Å². The van der Waals surface area contributed by atoms with Crippen LogP contribution >= 0.6 is 0 Å². The Bertz CT molecular complexity index is 47.0. The first-order valence-corrected chi connectivity index (χ1v) is 5.76. The van der Waals surface area contributed by atoms with Gasteiger partial charge >= 0.3 is 28.6 Å². The minimum atomic E-state index is -2.42. The predicted octanol–water partition coefficient (Wildman–Crippen LogP) is 2.22. The van der Waals surface area contributed by atoms with E-state index in [0.717, 1.165) is 12.8 Å². The molecule has 0 unspecified atom stereocenters. The molecule has 56 valence electrons. The molecule has 0 aliphatic rings. The SMILES string of the molecule is [CH2-]CC.[CH2-]CC.[O]=[Hf]=[O]. The van der Waals surface area contributed by atoms with E-state index in [1.165, 1.54) is 0 Å². The van der Waals surface area contributed by atoms with Crippen molar-refractivity contribution in [2.45, 2.75) is 26.7 Å². The Balaban J connectivity index is -0.0000000600. The minimum absolute atomic E-state index is 1.00. The van der Waals surface area contributed by atoms with Crippen LogP contribution in [0.25, 0.3) is 0 Å². The van der Waals surface area contributed by atoms with Crippen molar-refractivity contribution in [1.82, 2.24) is 0 Å². The van der Waals surface area contributed by atoms with E-state index in [4.69, 9.17) is 5.71 Å². The fraction of sp³-hybridized carbons (Fsp3) is 0.667. The van der Waals surface area contributed by atoms with E-state index in [-0.39, 0.29) is 0 Å². The van der Waals surface area contributed by atoms with Gasteiger partial charge in [-0.3, -0.25) is 0 Å². The Hall–Kier alpha value is 0.470. The van der Waals surface area contributed by atoms with Crippen LogP contribution in [-0.4, -0.2) is 0 Å². The van der Waals surface area contributed by atoms with Crippen molar-refractivity contribution in [1.29, 1.82) is 0 Å². The van der Waals surface area contributed by atoms with Gasteiger partial charge < -0.3 is 13.8 Å². The monoisotopic (exact) mass is 298 g/mol. The second kappa shape index (κ2) is 39.3. The Kier molecular flexibility index (Phi) is 70.8. The molecule has 0 radical (unpaired) electrons. The van der Waals surface area contributed by atoms with E-state index in [9.17, 15) is 0 Å². The fourth-order valence-corrected chi connectivity index (χ4v) is 0. The zero-order chi connectivity index (χ0) is 8.12. The molecule has 0 atom stereocenters. The summed E-state index contributed by atoms with van der Waals surface area (Å²) >= 11 is -2.42. The van der Waals surface area contributed by atoms with Crippen molar-refractivity contribution in [3.63, 3.8) is 0 Å². The standard InChI is InChI=1S/2C3H7.Hf.2O/c2*1-3-2;;;/h2*1,3H2,2H3;;;/q2*-1;;;. The summed E-state index contributed by atoms with van der Waals surface area (Å²) in [6.07, 6.45) is 2.00. The summed E-state index contributed by atoms with van der Waals surface area (Å²) in [5, 5.41) is 0. The van der Waals surface area contributed by atoms with Gasteiger partial charge in [0.15, 0.2) is 0 Å². The zero-order valence-corrected chi connectivity index (χ0v) is 9.74. The third-order valence-corrected chi connectivity index (χ3v) is 0. The van der Waals surface area contributed by atoms with E-state index in [2.05, 4.69) is 13.8 Å². The van der Waals surface area contributed by atoms with Gasteiger partial charge in [0.2, 0.25) is 0 Å². The second-order valence-corrected chi connectivity index (χ2v) is 1.68. The molecule has 0 heterocycles. The van der Waals surface area contributed by atoms with E-state index in [1.54, 1.807) is 0 Å². The van der Waals surface area contributed by atoms with Crippen LogP contribution in [0.3, 0.4) is 0 Å². The molecule has 0 fully saturated rings. The molecule has 0 aliphatic heterocycles. The van der Waals surface area contributed by atoms with Gasteiger partial charge in [-0.05, 0) is 0 Å².